The first kappa shape index (κ1) is 25.5. The smallest absolute Gasteiger partial charge is 0.409 e. The first-order valence-electron chi connectivity index (χ1n) is 13.2. The van der Waals surface area contributed by atoms with Gasteiger partial charge in [0.15, 0.2) is 0 Å². The zero-order chi connectivity index (χ0) is 23.9. The van der Waals surface area contributed by atoms with Crippen molar-refractivity contribution in [2.24, 2.45) is 11.8 Å². The first-order chi connectivity index (χ1) is 16.6. The van der Waals surface area contributed by atoms with Crippen LogP contribution in [0.5, 0.6) is 0 Å². The maximum Gasteiger partial charge on any atom is 0.409 e. The molecule has 2 saturated carbocycles. The van der Waals surface area contributed by atoms with E-state index < -0.39 is 0 Å². The number of rotatable bonds is 5. The Morgan fingerprint density at radius 2 is 1.47 bits per heavy atom. The zero-order valence-corrected chi connectivity index (χ0v) is 20.9. The normalized spacial score (nSPS) is 35.0. The van der Waals surface area contributed by atoms with Crippen LogP contribution >= 0.6 is 0 Å². The van der Waals surface area contributed by atoms with Crippen LogP contribution in [0.15, 0.2) is 0 Å². The van der Waals surface area contributed by atoms with Crippen LogP contribution in [0, 0.1) is 11.8 Å². The molecule has 0 radical (unpaired) electrons. The van der Waals surface area contributed by atoms with Crippen LogP contribution in [0.4, 0.5) is 9.59 Å². The molecule has 0 bridgehead atoms. The predicted octanol–water partition coefficient (Wildman–Crippen LogP) is 1.28. The molecule has 10 heteroatoms. The van der Waals surface area contributed by atoms with E-state index in [9.17, 15) is 9.59 Å². The maximum atomic E-state index is 12.8. The molecule has 0 aromatic rings. The topological polar surface area (TPSA) is 107 Å². The van der Waals surface area contributed by atoms with E-state index in [1.54, 1.807) is 9.80 Å². The standard InChI is InChI=1S/C24H44N6O4/c1-33-21-8-6-17(7-9-21)18-15-25-22(26-16-18)27-19-4-3-5-20(14-19)28-23(31)29-10-12-30(13-11-29)24(32)34-2/h17-22,25-27H,3-16H2,1-2H3,(H,28,31). The number of carbonyl (C=O) groups excluding carboxylic acids is 2. The summed E-state index contributed by atoms with van der Waals surface area (Å²) < 4.78 is 10.3. The van der Waals surface area contributed by atoms with Crippen molar-refractivity contribution in [1.29, 1.82) is 0 Å². The minimum absolute atomic E-state index is 0.0184. The van der Waals surface area contributed by atoms with Gasteiger partial charge in [0.1, 0.15) is 6.29 Å². The largest absolute Gasteiger partial charge is 0.453 e. The number of carbonyl (C=O) groups is 2. The van der Waals surface area contributed by atoms with Gasteiger partial charge in [-0.15, -0.1) is 0 Å². The number of hydrogen-bond acceptors (Lipinski definition) is 7. The van der Waals surface area contributed by atoms with Crippen molar-refractivity contribution in [2.75, 3.05) is 53.5 Å². The van der Waals surface area contributed by atoms with Crippen molar-refractivity contribution >= 4 is 12.1 Å². The molecule has 2 unspecified atom stereocenters. The Bertz CT molecular complexity index is 658. The van der Waals surface area contributed by atoms with Gasteiger partial charge in [0.2, 0.25) is 0 Å². The van der Waals surface area contributed by atoms with Gasteiger partial charge in [-0.3, -0.25) is 16.0 Å². The molecule has 194 valence electrons. The number of nitrogens with zero attached hydrogens (tertiary/aromatic N) is 2. The monoisotopic (exact) mass is 480 g/mol. The van der Waals surface area contributed by atoms with Crippen molar-refractivity contribution in [3.63, 3.8) is 0 Å². The van der Waals surface area contributed by atoms with Crippen molar-refractivity contribution in [3.05, 3.63) is 0 Å². The number of nitrogens with one attached hydrogen (secondary N) is 4. The van der Waals surface area contributed by atoms with E-state index in [-0.39, 0.29) is 24.5 Å². The summed E-state index contributed by atoms with van der Waals surface area (Å²) in [5.41, 5.74) is 0. The lowest BCUT2D eigenvalue weighted by Gasteiger charge is -2.41. The zero-order valence-electron chi connectivity index (χ0n) is 20.9. The third-order valence-corrected chi connectivity index (χ3v) is 8.29. The summed E-state index contributed by atoms with van der Waals surface area (Å²) in [6.45, 7) is 4.22. The maximum absolute atomic E-state index is 12.8. The Hall–Kier alpha value is -1.62. The molecule has 0 aromatic carbocycles. The van der Waals surface area contributed by atoms with Crippen molar-refractivity contribution in [1.82, 2.24) is 31.1 Å². The van der Waals surface area contributed by atoms with Gasteiger partial charge in [-0.05, 0) is 63.2 Å². The molecule has 2 aliphatic carbocycles. The molecule has 4 aliphatic rings. The van der Waals surface area contributed by atoms with Crippen molar-refractivity contribution < 1.29 is 19.1 Å². The molecule has 34 heavy (non-hydrogen) atoms. The van der Waals surface area contributed by atoms with Gasteiger partial charge in [0.25, 0.3) is 0 Å². The highest BCUT2D eigenvalue weighted by Gasteiger charge is 2.32. The lowest BCUT2D eigenvalue weighted by molar-refractivity contribution is 0.0414. The van der Waals surface area contributed by atoms with Crippen LogP contribution < -0.4 is 21.3 Å². The Balaban J connectivity index is 1.14. The highest BCUT2D eigenvalue weighted by Crippen LogP contribution is 2.31. The van der Waals surface area contributed by atoms with Gasteiger partial charge >= 0.3 is 12.1 Å². The van der Waals surface area contributed by atoms with Crippen LogP contribution in [-0.2, 0) is 9.47 Å². The Morgan fingerprint density at radius 1 is 0.824 bits per heavy atom. The number of piperazine rings is 1. The molecular formula is C24H44N6O4. The number of hydrogen-bond donors (Lipinski definition) is 4. The lowest BCUT2D eigenvalue weighted by atomic mass is 9.78. The number of urea groups is 1. The van der Waals surface area contributed by atoms with Crippen LogP contribution in [0.3, 0.4) is 0 Å². The van der Waals surface area contributed by atoms with Crippen LogP contribution in [-0.4, -0.2) is 99.9 Å². The average Bonchev–Trinajstić information content (AvgIpc) is 2.89. The summed E-state index contributed by atoms with van der Waals surface area (Å²) in [6.07, 6.45) is 9.39. The molecule has 0 aromatic heterocycles. The Labute approximate surface area is 203 Å². The Kier molecular flexibility index (Phi) is 9.27. The van der Waals surface area contributed by atoms with Gasteiger partial charge in [-0.25, -0.2) is 9.59 Å². The molecule has 2 aliphatic heterocycles. The van der Waals surface area contributed by atoms with E-state index in [1.807, 2.05) is 7.11 Å². The summed E-state index contributed by atoms with van der Waals surface area (Å²) in [7, 11) is 3.22. The average molecular weight is 481 g/mol. The SMILES string of the molecule is COC(=O)N1CCN(C(=O)NC2CCCC(NC3NCC(C4CCC(OC)CC4)CN3)C2)CC1. The Morgan fingerprint density at radius 3 is 2.12 bits per heavy atom. The summed E-state index contributed by atoms with van der Waals surface area (Å²) >= 11 is 0. The molecule has 0 spiro atoms. The van der Waals surface area contributed by atoms with Crippen LogP contribution in [0.25, 0.3) is 0 Å². The third kappa shape index (κ3) is 6.74. The fourth-order valence-electron chi connectivity index (χ4n) is 6.12. The fourth-order valence-corrected chi connectivity index (χ4v) is 6.12. The predicted molar refractivity (Wildman–Crippen MR) is 129 cm³/mol. The molecule has 10 nitrogen and oxygen atoms in total. The molecule has 4 fully saturated rings. The highest BCUT2D eigenvalue weighted by atomic mass is 16.5. The molecular weight excluding hydrogens is 436 g/mol. The summed E-state index contributed by atoms with van der Waals surface area (Å²) in [5, 5.41) is 14.3. The van der Waals surface area contributed by atoms with Gasteiger partial charge in [0, 0.05) is 58.5 Å². The van der Waals surface area contributed by atoms with Gasteiger partial charge in [-0.1, -0.05) is 0 Å². The fraction of sp³-hybridized carbons (Fsp3) is 0.917. The van der Waals surface area contributed by atoms with Gasteiger partial charge in [0.05, 0.1) is 13.2 Å². The van der Waals surface area contributed by atoms with E-state index in [0.29, 0.717) is 44.2 Å². The van der Waals surface area contributed by atoms with E-state index >= 15 is 0 Å². The summed E-state index contributed by atoms with van der Waals surface area (Å²) in [6, 6.07) is 0.550. The highest BCUT2D eigenvalue weighted by molar-refractivity contribution is 5.75. The number of amides is 3. The molecule has 3 amide bonds. The van der Waals surface area contributed by atoms with Gasteiger partial charge in [-0.2, -0.15) is 0 Å². The minimum Gasteiger partial charge on any atom is -0.453 e. The summed E-state index contributed by atoms with van der Waals surface area (Å²) in [4.78, 5) is 27.9. The second-order valence-electron chi connectivity index (χ2n) is 10.4. The second-order valence-corrected chi connectivity index (χ2v) is 10.4. The molecule has 2 atom stereocenters. The number of ether oxygens (including phenoxy) is 2. The van der Waals surface area contributed by atoms with Crippen molar-refractivity contribution in [2.45, 2.75) is 75.8 Å². The van der Waals surface area contributed by atoms with Crippen LogP contribution in [0.1, 0.15) is 51.4 Å². The van der Waals surface area contributed by atoms with Crippen LogP contribution in [0.2, 0.25) is 0 Å². The number of methoxy groups -OCH3 is 2. The molecule has 2 saturated heterocycles. The first-order valence-corrected chi connectivity index (χ1v) is 13.2. The molecule has 4 N–H and O–H groups in total. The molecule has 4 rings (SSSR count). The van der Waals surface area contributed by atoms with E-state index in [2.05, 4.69) is 21.3 Å². The minimum atomic E-state index is -0.323. The molecule has 2 heterocycles. The summed E-state index contributed by atoms with van der Waals surface area (Å²) in [5.74, 6) is 1.48. The second kappa shape index (κ2) is 12.4. The van der Waals surface area contributed by atoms with E-state index in [4.69, 9.17) is 9.47 Å². The van der Waals surface area contributed by atoms with E-state index in [0.717, 1.165) is 44.7 Å². The van der Waals surface area contributed by atoms with E-state index in [1.165, 1.54) is 32.8 Å². The van der Waals surface area contributed by atoms with Crippen molar-refractivity contribution in [3.8, 4) is 0 Å². The van der Waals surface area contributed by atoms with Gasteiger partial charge < -0.3 is 24.6 Å². The quantitative estimate of drug-likeness (QED) is 0.470. The lowest BCUT2D eigenvalue weighted by Crippen LogP contribution is -2.63. The third-order valence-electron chi connectivity index (χ3n) is 8.29.